The van der Waals surface area contributed by atoms with Crippen molar-refractivity contribution in [1.82, 2.24) is 9.62 Å². The van der Waals surface area contributed by atoms with E-state index in [0.717, 1.165) is 11.1 Å². The number of hydrogen-bond donors (Lipinski definition) is 1. The third-order valence-electron chi connectivity index (χ3n) is 2.59. The fourth-order valence-electron chi connectivity index (χ4n) is 1.68. The molecule has 0 heterocycles. The third kappa shape index (κ3) is 4.04. The van der Waals surface area contributed by atoms with Crippen molar-refractivity contribution in [3.05, 3.63) is 40.9 Å². The quantitative estimate of drug-likeness (QED) is 0.820. The molecule has 6 heteroatoms. The smallest absolute Gasteiger partial charge is 0.243 e. The average Bonchev–Trinajstić information content (AvgIpc) is 2.31. The van der Waals surface area contributed by atoms with Crippen molar-refractivity contribution in [2.24, 2.45) is 0 Å². The van der Waals surface area contributed by atoms with Crippen molar-refractivity contribution < 1.29 is 8.42 Å². The van der Waals surface area contributed by atoms with E-state index in [4.69, 9.17) is 11.6 Å². The summed E-state index contributed by atoms with van der Waals surface area (Å²) in [6, 6.07) is 4.73. The Balaban J connectivity index is 3.14. The summed E-state index contributed by atoms with van der Waals surface area (Å²) in [6.45, 7) is 6.34. The lowest BCUT2D eigenvalue weighted by Gasteiger charge is -2.18. The second-order valence-electron chi connectivity index (χ2n) is 4.50. The van der Waals surface area contributed by atoms with Crippen LogP contribution in [0.15, 0.2) is 35.2 Å². The molecule has 106 valence electrons. The minimum Gasteiger partial charge on any atom is -0.316 e. The third-order valence-corrected chi connectivity index (χ3v) is 4.75. The molecule has 0 radical (unpaired) electrons. The summed E-state index contributed by atoms with van der Waals surface area (Å²) in [7, 11) is -0.185. The minimum absolute atomic E-state index is 0.242. The maximum absolute atomic E-state index is 12.4. The highest BCUT2D eigenvalue weighted by Crippen LogP contribution is 2.22. The maximum atomic E-state index is 12.4. The fourth-order valence-corrected chi connectivity index (χ4v) is 3.15. The van der Waals surface area contributed by atoms with Gasteiger partial charge >= 0.3 is 0 Å². The van der Waals surface area contributed by atoms with Gasteiger partial charge in [-0.15, -0.1) is 0 Å². The van der Waals surface area contributed by atoms with Gasteiger partial charge in [-0.25, -0.2) is 8.42 Å². The lowest BCUT2D eigenvalue weighted by atomic mass is 10.2. The van der Waals surface area contributed by atoms with Gasteiger partial charge in [0.1, 0.15) is 0 Å². The number of nitrogens with zero attached hydrogens (tertiary/aromatic N) is 1. The van der Waals surface area contributed by atoms with Gasteiger partial charge in [-0.2, -0.15) is 4.31 Å². The molecule has 0 bridgehead atoms. The molecular formula is C13H19ClN2O2S. The van der Waals surface area contributed by atoms with Crippen LogP contribution < -0.4 is 5.32 Å². The molecule has 1 N–H and O–H groups in total. The molecule has 0 saturated heterocycles. The summed E-state index contributed by atoms with van der Waals surface area (Å²) in [5, 5.41) is 3.51. The molecule has 1 aromatic rings. The van der Waals surface area contributed by atoms with Crippen molar-refractivity contribution >= 4 is 21.6 Å². The molecule has 0 spiro atoms. The van der Waals surface area contributed by atoms with Gasteiger partial charge in [-0.1, -0.05) is 23.8 Å². The summed E-state index contributed by atoms with van der Waals surface area (Å²) in [4.78, 5) is 0.242. The monoisotopic (exact) mass is 302 g/mol. The topological polar surface area (TPSA) is 49.4 Å². The Bertz CT molecular complexity index is 570. The van der Waals surface area contributed by atoms with Crippen LogP contribution in [-0.2, 0) is 16.6 Å². The van der Waals surface area contributed by atoms with Crippen LogP contribution in [0.3, 0.4) is 0 Å². The van der Waals surface area contributed by atoms with Crippen LogP contribution in [0.5, 0.6) is 0 Å². The lowest BCUT2D eigenvalue weighted by molar-refractivity contribution is 0.493. The van der Waals surface area contributed by atoms with E-state index < -0.39 is 10.0 Å². The molecule has 4 nitrogen and oxygen atoms in total. The van der Waals surface area contributed by atoms with Gasteiger partial charge < -0.3 is 5.32 Å². The Labute approximate surface area is 120 Å². The zero-order valence-electron chi connectivity index (χ0n) is 11.4. The molecular weight excluding hydrogens is 284 g/mol. The first-order valence-corrected chi connectivity index (χ1v) is 7.64. The highest BCUT2D eigenvalue weighted by atomic mass is 35.5. The van der Waals surface area contributed by atoms with Crippen molar-refractivity contribution in [3.8, 4) is 0 Å². The number of nitrogens with one attached hydrogen (secondary N) is 1. The van der Waals surface area contributed by atoms with Gasteiger partial charge in [-0.3, -0.25) is 0 Å². The van der Waals surface area contributed by atoms with Gasteiger partial charge in [0, 0.05) is 25.2 Å². The highest BCUT2D eigenvalue weighted by Gasteiger charge is 2.21. The van der Waals surface area contributed by atoms with E-state index >= 15 is 0 Å². The van der Waals surface area contributed by atoms with Crippen LogP contribution in [0, 0.1) is 0 Å². The lowest BCUT2D eigenvalue weighted by Crippen LogP contribution is -2.28. The number of hydrogen-bond acceptors (Lipinski definition) is 3. The summed E-state index contributed by atoms with van der Waals surface area (Å²) >= 11 is 6.03. The molecule has 0 amide bonds. The molecule has 0 aromatic heterocycles. The molecule has 0 saturated carbocycles. The molecule has 0 unspecified atom stereocenters. The van der Waals surface area contributed by atoms with Crippen LogP contribution in [0.1, 0.15) is 12.5 Å². The summed E-state index contributed by atoms with van der Waals surface area (Å²) in [5.41, 5.74) is 1.55. The Morgan fingerprint density at radius 3 is 2.63 bits per heavy atom. The fraction of sp³-hybridized carbons (Fsp3) is 0.385. The van der Waals surface area contributed by atoms with E-state index in [0.29, 0.717) is 18.1 Å². The number of likely N-dealkylation sites (N-methyl/N-ethyl adjacent to an activating group) is 1. The Hall–Kier alpha value is -0.880. The van der Waals surface area contributed by atoms with E-state index in [2.05, 4.69) is 11.9 Å². The average molecular weight is 303 g/mol. The van der Waals surface area contributed by atoms with Gasteiger partial charge in [0.05, 0.1) is 4.90 Å². The molecule has 0 aliphatic rings. The maximum Gasteiger partial charge on any atom is 0.243 e. The van der Waals surface area contributed by atoms with Gasteiger partial charge in [0.2, 0.25) is 10.0 Å². The summed E-state index contributed by atoms with van der Waals surface area (Å²) < 4.78 is 26.0. The molecule has 1 rings (SSSR count). The Morgan fingerprint density at radius 2 is 2.11 bits per heavy atom. The predicted molar refractivity (Wildman–Crippen MR) is 78.8 cm³/mol. The van der Waals surface area contributed by atoms with Crippen molar-refractivity contribution in [2.45, 2.75) is 18.4 Å². The number of benzene rings is 1. The van der Waals surface area contributed by atoms with Crippen molar-refractivity contribution in [2.75, 3.05) is 20.6 Å². The van der Waals surface area contributed by atoms with Crippen molar-refractivity contribution in [3.63, 3.8) is 0 Å². The predicted octanol–water partition coefficient (Wildman–Crippen LogP) is 2.26. The van der Waals surface area contributed by atoms with Gasteiger partial charge in [-0.05, 0) is 37.7 Å². The highest BCUT2D eigenvalue weighted by molar-refractivity contribution is 7.89. The SMILES string of the molecule is C=C(C)CN(C)S(=O)(=O)c1ccc(Cl)c(CNC)c1. The first kappa shape index (κ1) is 16.2. The summed E-state index contributed by atoms with van der Waals surface area (Å²) in [6.07, 6.45) is 0. The first-order chi connectivity index (χ1) is 8.78. The summed E-state index contributed by atoms with van der Waals surface area (Å²) in [5.74, 6) is 0. The first-order valence-electron chi connectivity index (χ1n) is 5.82. The van der Waals surface area contributed by atoms with Crippen LogP contribution in [0.4, 0.5) is 0 Å². The molecule has 19 heavy (non-hydrogen) atoms. The number of halogens is 1. The zero-order valence-corrected chi connectivity index (χ0v) is 13.0. The number of rotatable bonds is 6. The Kier molecular flexibility index (Phi) is 5.55. The van der Waals surface area contributed by atoms with Gasteiger partial charge in [0.15, 0.2) is 0 Å². The molecule has 0 aliphatic carbocycles. The second kappa shape index (κ2) is 6.52. The molecule has 0 atom stereocenters. The largest absolute Gasteiger partial charge is 0.316 e. The van der Waals surface area contributed by atoms with E-state index in [-0.39, 0.29) is 4.90 Å². The minimum atomic E-state index is -3.51. The standard InChI is InChI=1S/C13H19ClN2O2S/c1-10(2)9-16(4)19(17,18)12-5-6-13(14)11(7-12)8-15-3/h5-7,15H,1,8-9H2,2-4H3. The van der Waals surface area contributed by atoms with Gasteiger partial charge in [0.25, 0.3) is 0 Å². The van der Waals surface area contributed by atoms with Crippen LogP contribution >= 0.6 is 11.6 Å². The van der Waals surface area contributed by atoms with Crippen LogP contribution in [-0.4, -0.2) is 33.4 Å². The van der Waals surface area contributed by atoms with Crippen molar-refractivity contribution in [1.29, 1.82) is 0 Å². The molecule has 1 aromatic carbocycles. The van der Waals surface area contributed by atoms with Crippen LogP contribution in [0.2, 0.25) is 5.02 Å². The Morgan fingerprint density at radius 1 is 1.47 bits per heavy atom. The zero-order chi connectivity index (χ0) is 14.6. The second-order valence-corrected chi connectivity index (χ2v) is 6.95. The normalized spacial score (nSPS) is 11.8. The van der Waals surface area contributed by atoms with E-state index in [9.17, 15) is 8.42 Å². The van der Waals surface area contributed by atoms with E-state index in [1.165, 1.54) is 17.4 Å². The van der Waals surface area contributed by atoms with Crippen LogP contribution in [0.25, 0.3) is 0 Å². The number of sulfonamides is 1. The molecule has 0 fully saturated rings. The molecule has 0 aliphatic heterocycles. The van der Waals surface area contributed by atoms with E-state index in [1.54, 1.807) is 26.1 Å². The van der Waals surface area contributed by atoms with E-state index in [1.807, 2.05) is 0 Å².